The Kier molecular flexibility index (Phi) is 4.42. The van der Waals surface area contributed by atoms with Crippen LogP contribution in [0.5, 0.6) is 0 Å². The van der Waals surface area contributed by atoms with E-state index in [0.717, 1.165) is 89.9 Å². The lowest BCUT2D eigenvalue weighted by molar-refractivity contribution is -0.304. The van der Waals surface area contributed by atoms with Crippen LogP contribution in [0.25, 0.3) is 0 Å². The van der Waals surface area contributed by atoms with Gasteiger partial charge in [0.15, 0.2) is 0 Å². The zero-order valence-electron chi connectivity index (χ0n) is 22.0. The van der Waals surface area contributed by atoms with Crippen molar-refractivity contribution in [2.75, 3.05) is 0 Å². The van der Waals surface area contributed by atoms with Crippen molar-refractivity contribution in [3.05, 3.63) is 0 Å². The van der Waals surface area contributed by atoms with Gasteiger partial charge in [-0.05, 0) is 110 Å². The summed E-state index contributed by atoms with van der Waals surface area (Å²) >= 11 is 0. The maximum Gasteiger partial charge on any atom is 0.309 e. The topological polar surface area (TPSA) is 74.6 Å². The summed E-state index contributed by atoms with van der Waals surface area (Å²) in [6.07, 6.45) is 16.4. The Bertz CT molecular complexity index is 831. The minimum atomic E-state index is -0.598. The van der Waals surface area contributed by atoms with E-state index in [0.29, 0.717) is 0 Å². The zero-order valence-corrected chi connectivity index (χ0v) is 22.0. The van der Waals surface area contributed by atoms with Crippen LogP contribution in [0.2, 0.25) is 0 Å². The number of rotatable bonds is 7. The molecule has 8 bridgehead atoms. The van der Waals surface area contributed by atoms with E-state index in [1.165, 1.54) is 12.8 Å². The Morgan fingerprint density at radius 2 is 0.735 bits per heavy atom. The molecule has 0 aromatic rings. The van der Waals surface area contributed by atoms with Gasteiger partial charge in [-0.3, -0.25) is 9.59 Å². The molecule has 8 saturated carbocycles. The minimum absolute atomic E-state index is 0.00500. The van der Waals surface area contributed by atoms with E-state index in [2.05, 4.69) is 27.7 Å². The summed E-state index contributed by atoms with van der Waals surface area (Å²) in [5, 5.41) is 21.5. The molecule has 0 amide bonds. The SMILES string of the molecule is CCC12CC3(CC)CC(C(=O)O)(C1)CC(C14CC5(CC)CC(CC)(CC(C(=O)O)(C5)C1)C4)(C2)C3. The molecule has 0 aromatic carbocycles. The van der Waals surface area contributed by atoms with Crippen molar-refractivity contribution in [2.24, 2.45) is 43.3 Å². The summed E-state index contributed by atoms with van der Waals surface area (Å²) in [6.45, 7) is 9.22. The molecule has 0 spiro atoms. The molecule has 0 radical (unpaired) electrons. The molecule has 2 N–H and O–H groups in total. The molecule has 8 fully saturated rings. The average Bonchev–Trinajstić information content (AvgIpc) is 2.77. The van der Waals surface area contributed by atoms with Gasteiger partial charge in [0.1, 0.15) is 0 Å². The highest BCUT2D eigenvalue weighted by Crippen LogP contribution is 2.86. The Balaban J connectivity index is 1.57. The van der Waals surface area contributed by atoms with Gasteiger partial charge in [-0.15, -0.1) is 0 Å². The number of carbonyl (C=O) groups is 2. The van der Waals surface area contributed by atoms with Crippen LogP contribution < -0.4 is 0 Å². The van der Waals surface area contributed by atoms with Crippen molar-refractivity contribution >= 4 is 11.9 Å². The Morgan fingerprint density at radius 3 is 0.941 bits per heavy atom. The largest absolute Gasteiger partial charge is 0.481 e. The summed E-state index contributed by atoms with van der Waals surface area (Å²) in [7, 11) is 0. The van der Waals surface area contributed by atoms with E-state index in [-0.39, 0.29) is 32.5 Å². The zero-order chi connectivity index (χ0) is 24.5. The van der Waals surface area contributed by atoms with Gasteiger partial charge in [0.2, 0.25) is 0 Å². The lowest BCUT2D eigenvalue weighted by atomic mass is 9.24. The summed E-state index contributed by atoms with van der Waals surface area (Å²) in [6, 6.07) is 0. The summed E-state index contributed by atoms with van der Waals surface area (Å²) in [4.78, 5) is 26.1. The Morgan fingerprint density at radius 1 is 0.471 bits per heavy atom. The fraction of sp³-hybridized carbons (Fsp3) is 0.933. The van der Waals surface area contributed by atoms with Crippen LogP contribution in [-0.4, -0.2) is 22.2 Å². The van der Waals surface area contributed by atoms with Crippen molar-refractivity contribution in [1.29, 1.82) is 0 Å². The minimum Gasteiger partial charge on any atom is -0.481 e. The maximum atomic E-state index is 13.1. The molecule has 4 atom stereocenters. The smallest absolute Gasteiger partial charge is 0.309 e. The maximum absolute atomic E-state index is 13.1. The fourth-order valence-electron chi connectivity index (χ4n) is 13.2. The molecule has 4 heteroatoms. The van der Waals surface area contributed by atoms with Crippen LogP contribution >= 0.6 is 0 Å². The van der Waals surface area contributed by atoms with Gasteiger partial charge < -0.3 is 10.2 Å². The van der Waals surface area contributed by atoms with E-state index in [4.69, 9.17) is 0 Å². The van der Waals surface area contributed by atoms with Crippen LogP contribution in [0.15, 0.2) is 0 Å². The summed E-state index contributed by atoms with van der Waals surface area (Å²) in [5.41, 5.74) is -0.699. The first-order valence-corrected chi connectivity index (χ1v) is 14.3. The van der Waals surface area contributed by atoms with E-state index in [1.807, 2.05) is 0 Å². The molecule has 0 aliphatic heterocycles. The van der Waals surface area contributed by atoms with Crippen LogP contribution in [0.3, 0.4) is 0 Å². The van der Waals surface area contributed by atoms with Crippen LogP contribution in [-0.2, 0) is 9.59 Å². The summed E-state index contributed by atoms with van der Waals surface area (Å²) in [5.74, 6) is -1.11. The molecule has 8 aliphatic carbocycles. The Labute approximate surface area is 205 Å². The van der Waals surface area contributed by atoms with E-state index in [1.54, 1.807) is 0 Å². The second-order valence-electron chi connectivity index (χ2n) is 15.3. The standard InChI is InChI=1S/C30H46O4/c1-5-23-9-24(6-2)12-27(11-23,21(31)32)19-29(15-23,16-24)30-17-25(7-3)10-26(8-4,18-30)14-28(13-25,20-30)22(33)34/h5-20H2,1-4H3,(H,31,32)(H,33,34). The molecule has 190 valence electrons. The van der Waals surface area contributed by atoms with Gasteiger partial charge in [-0.2, -0.15) is 0 Å². The number of carboxylic acid groups (broad SMARTS) is 2. The molecule has 8 aliphatic rings. The predicted molar refractivity (Wildman–Crippen MR) is 131 cm³/mol. The highest BCUT2D eigenvalue weighted by atomic mass is 16.4. The molecule has 0 heterocycles. The molecule has 4 unspecified atom stereocenters. The van der Waals surface area contributed by atoms with Crippen molar-refractivity contribution in [3.63, 3.8) is 0 Å². The van der Waals surface area contributed by atoms with Crippen molar-refractivity contribution < 1.29 is 19.8 Å². The molecule has 0 aromatic heterocycles. The highest BCUT2D eigenvalue weighted by molar-refractivity contribution is 5.77. The van der Waals surface area contributed by atoms with Gasteiger partial charge in [-0.25, -0.2) is 0 Å². The monoisotopic (exact) mass is 470 g/mol. The molecular weight excluding hydrogens is 424 g/mol. The van der Waals surface area contributed by atoms with Gasteiger partial charge in [0.05, 0.1) is 10.8 Å². The average molecular weight is 471 g/mol. The van der Waals surface area contributed by atoms with Crippen molar-refractivity contribution in [2.45, 2.75) is 130 Å². The van der Waals surface area contributed by atoms with E-state index >= 15 is 0 Å². The van der Waals surface area contributed by atoms with E-state index < -0.39 is 22.8 Å². The van der Waals surface area contributed by atoms with Crippen LogP contribution in [0.1, 0.15) is 130 Å². The number of hydrogen-bond donors (Lipinski definition) is 2. The Hall–Kier alpha value is -1.06. The van der Waals surface area contributed by atoms with Crippen molar-refractivity contribution in [1.82, 2.24) is 0 Å². The summed E-state index contributed by atoms with van der Waals surface area (Å²) < 4.78 is 0. The third kappa shape index (κ3) is 2.57. The highest BCUT2D eigenvalue weighted by Gasteiger charge is 2.79. The third-order valence-electron chi connectivity index (χ3n) is 13.6. The fourth-order valence-corrected chi connectivity index (χ4v) is 13.2. The lowest BCUT2D eigenvalue weighted by Crippen LogP contribution is -2.72. The second-order valence-corrected chi connectivity index (χ2v) is 15.3. The molecule has 0 saturated heterocycles. The van der Waals surface area contributed by atoms with Crippen LogP contribution in [0.4, 0.5) is 0 Å². The molecule has 34 heavy (non-hydrogen) atoms. The van der Waals surface area contributed by atoms with Gasteiger partial charge in [0, 0.05) is 0 Å². The van der Waals surface area contributed by atoms with E-state index in [9.17, 15) is 19.8 Å². The predicted octanol–water partition coefficient (Wildman–Crippen LogP) is 7.45. The first-order chi connectivity index (χ1) is 15.9. The number of hydrogen-bond acceptors (Lipinski definition) is 2. The number of aliphatic carboxylic acids is 2. The molecule has 4 nitrogen and oxygen atoms in total. The second kappa shape index (κ2) is 6.43. The first kappa shape index (κ1) is 23.3. The molecule has 8 rings (SSSR count). The van der Waals surface area contributed by atoms with Gasteiger partial charge in [0.25, 0.3) is 0 Å². The van der Waals surface area contributed by atoms with Crippen molar-refractivity contribution in [3.8, 4) is 0 Å². The lowest BCUT2D eigenvalue weighted by Gasteiger charge is -2.79. The first-order valence-electron chi connectivity index (χ1n) is 14.3. The van der Waals surface area contributed by atoms with Gasteiger partial charge >= 0.3 is 11.9 Å². The number of carboxylic acids is 2. The molecular formula is C30H46O4. The van der Waals surface area contributed by atoms with Crippen LogP contribution in [0, 0.1) is 43.3 Å². The quantitative estimate of drug-likeness (QED) is 0.405. The third-order valence-corrected chi connectivity index (χ3v) is 13.6. The van der Waals surface area contributed by atoms with Gasteiger partial charge in [-0.1, -0.05) is 53.4 Å². The normalized spacial score (nSPS) is 56.7.